The molecule has 0 spiro atoms. The van der Waals surface area contributed by atoms with Gasteiger partial charge in [0, 0.05) is 0 Å². The van der Waals surface area contributed by atoms with Crippen molar-refractivity contribution in [3.8, 4) is 0 Å². The van der Waals surface area contributed by atoms with Crippen molar-refractivity contribution in [3.05, 3.63) is 25.3 Å². The van der Waals surface area contributed by atoms with Crippen LogP contribution in [0.4, 0.5) is 0 Å². The van der Waals surface area contributed by atoms with Crippen LogP contribution in [0.3, 0.4) is 0 Å². The van der Waals surface area contributed by atoms with E-state index in [1.165, 1.54) is 0 Å². The van der Waals surface area contributed by atoms with Gasteiger partial charge >= 0.3 is 0 Å². The highest BCUT2D eigenvalue weighted by atomic mass is 16.5. The van der Waals surface area contributed by atoms with Crippen molar-refractivity contribution in [1.29, 1.82) is 0 Å². The number of hydrogen-bond acceptors (Lipinski definition) is 2. The molecule has 0 aliphatic rings. The number of rotatable bonds is 6. The van der Waals surface area contributed by atoms with Gasteiger partial charge in [-0.25, -0.2) is 0 Å². The summed E-state index contributed by atoms with van der Waals surface area (Å²) in [6, 6.07) is 0. The van der Waals surface area contributed by atoms with Gasteiger partial charge in [-0.05, 0) is 13.3 Å². The Labute approximate surface area is 68.2 Å². The minimum absolute atomic E-state index is 0.00681. The lowest BCUT2D eigenvalue weighted by Gasteiger charge is -2.25. The summed E-state index contributed by atoms with van der Waals surface area (Å²) in [5.41, 5.74) is -0.490. The van der Waals surface area contributed by atoms with Crippen LogP contribution < -0.4 is 0 Å². The number of aliphatic hydroxyl groups is 1. The molecule has 0 heterocycles. The lowest BCUT2D eigenvalue weighted by Crippen LogP contribution is -2.32. The Hall–Kier alpha value is -0.600. The van der Waals surface area contributed by atoms with E-state index in [0.717, 1.165) is 0 Å². The molecule has 2 heteroatoms. The van der Waals surface area contributed by atoms with E-state index in [-0.39, 0.29) is 6.61 Å². The van der Waals surface area contributed by atoms with E-state index in [4.69, 9.17) is 9.84 Å². The van der Waals surface area contributed by atoms with Gasteiger partial charge in [-0.2, -0.15) is 0 Å². The van der Waals surface area contributed by atoms with Crippen molar-refractivity contribution in [1.82, 2.24) is 0 Å². The van der Waals surface area contributed by atoms with Gasteiger partial charge in [0.1, 0.15) is 0 Å². The highest BCUT2D eigenvalue weighted by Crippen LogP contribution is 2.14. The van der Waals surface area contributed by atoms with Crippen molar-refractivity contribution in [3.63, 3.8) is 0 Å². The zero-order valence-electron chi connectivity index (χ0n) is 7.05. The van der Waals surface area contributed by atoms with Gasteiger partial charge in [0.2, 0.25) is 0 Å². The van der Waals surface area contributed by atoms with Gasteiger partial charge < -0.3 is 9.84 Å². The Morgan fingerprint density at radius 1 is 1.45 bits per heavy atom. The molecule has 0 rings (SSSR count). The van der Waals surface area contributed by atoms with E-state index < -0.39 is 5.60 Å². The van der Waals surface area contributed by atoms with Gasteiger partial charge in [-0.15, -0.1) is 13.2 Å². The van der Waals surface area contributed by atoms with Gasteiger partial charge in [0.15, 0.2) is 0 Å². The molecule has 0 aliphatic carbocycles. The molecule has 1 atom stereocenters. The number of hydrogen-bond donors (Lipinski definition) is 1. The average Bonchev–Trinajstić information content (AvgIpc) is 2.02. The van der Waals surface area contributed by atoms with E-state index in [0.29, 0.717) is 13.0 Å². The number of ether oxygens (including phenoxy) is 1. The first-order valence-electron chi connectivity index (χ1n) is 3.65. The Morgan fingerprint density at radius 3 is 2.45 bits per heavy atom. The standard InChI is InChI=1S/C9H16O2/c1-4-6-9(3,8-10)11-7-5-2/h4-5,10H,1-2,6-8H2,3H3/t9-/m1/s1. The van der Waals surface area contributed by atoms with Crippen LogP contribution in [-0.4, -0.2) is 23.9 Å². The summed E-state index contributed by atoms with van der Waals surface area (Å²) in [7, 11) is 0. The van der Waals surface area contributed by atoms with Gasteiger partial charge in [0.25, 0.3) is 0 Å². The van der Waals surface area contributed by atoms with Crippen molar-refractivity contribution in [2.24, 2.45) is 0 Å². The molecule has 2 nitrogen and oxygen atoms in total. The highest BCUT2D eigenvalue weighted by Gasteiger charge is 2.21. The van der Waals surface area contributed by atoms with E-state index in [1.54, 1.807) is 12.2 Å². The molecule has 0 fully saturated rings. The quantitative estimate of drug-likeness (QED) is 0.591. The summed E-state index contributed by atoms with van der Waals surface area (Å²) in [4.78, 5) is 0. The zero-order chi connectivity index (χ0) is 8.74. The Bertz CT molecular complexity index is 132. The molecule has 0 bridgehead atoms. The van der Waals surface area contributed by atoms with E-state index >= 15 is 0 Å². The minimum Gasteiger partial charge on any atom is -0.393 e. The molecule has 0 aliphatic heterocycles. The van der Waals surface area contributed by atoms with Crippen LogP contribution in [0.1, 0.15) is 13.3 Å². The molecule has 64 valence electrons. The second-order valence-corrected chi connectivity index (χ2v) is 2.70. The second-order valence-electron chi connectivity index (χ2n) is 2.70. The minimum atomic E-state index is -0.490. The maximum Gasteiger partial charge on any atom is 0.0922 e. The maximum atomic E-state index is 8.94. The summed E-state index contributed by atoms with van der Waals surface area (Å²) in [6.07, 6.45) is 4.05. The Kier molecular flexibility index (Phi) is 4.83. The van der Waals surface area contributed by atoms with Crippen LogP contribution in [0, 0.1) is 0 Å². The molecule has 0 aromatic heterocycles. The first-order chi connectivity index (χ1) is 5.18. The predicted molar refractivity (Wildman–Crippen MR) is 46.5 cm³/mol. The molecule has 0 saturated heterocycles. The number of aliphatic hydroxyl groups excluding tert-OH is 1. The maximum absolute atomic E-state index is 8.94. The lowest BCUT2D eigenvalue weighted by atomic mass is 10.0. The smallest absolute Gasteiger partial charge is 0.0922 e. The molecular weight excluding hydrogens is 140 g/mol. The molecule has 11 heavy (non-hydrogen) atoms. The van der Waals surface area contributed by atoms with Crippen molar-refractivity contribution < 1.29 is 9.84 Å². The second kappa shape index (κ2) is 5.10. The van der Waals surface area contributed by atoms with Crippen LogP contribution in [0.5, 0.6) is 0 Å². The fraction of sp³-hybridized carbons (Fsp3) is 0.556. The Balaban J connectivity index is 3.86. The fourth-order valence-corrected chi connectivity index (χ4v) is 0.735. The van der Waals surface area contributed by atoms with Crippen molar-refractivity contribution >= 4 is 0 Å². The summed E-state index contributed by atoms with van der Waals surface area (Å²) in [5, 5.41) is 8.94. The summed E-state index contributed by atoms with van der Waals surface area (Å²) in [6.45, 7) is 9.43. The average molecular weight is 156 g/mol. The van der Waals surface area contributed by atoms with E-state index in [2.05, 4.69) is 13.2 Å². The molecule has 1 N–H and O–H groups in total. The largest absolute Gasteiger partial charge is 0.393 e. The molecule has 0 unspecified atom stereocenters. The Morgan fingerprint density at radius 2 is 2.09 bits per heavy atom. The van der Waals surface area contributed by atoms with Crippen LogP contribution in [0.15, 0.2) is 25.3 Å². The molecular formula is C9H16O2. The lowest BCUT2D eigenvalue weighted by molar-refractivity contribution is -0.0521. The summed E-state index contributed by atoms with van der Waals surface area (Å²) >= 11 is 0. The normalized spacial score (nSPS) is 15.5. The first-order valence-corrected chi connectivity index (χ1v) is 3.65. The van der Waals surface area contributed by atoms with E-state index in [9.17, 15) is 0 Å². The molecule has 0 radical (unpaired) electrons. The van der Waals surface area contributed by atoms with Gasteiger partial charge in [-0.1, -0.05) is 12.2 Å². The zero-order valence-corrected chi connectivity index (χ0v) is 7.05. The van der Waals surface area contributed by atoms with Crippen LogP contribution in [-0.2, 0) is 4.74 Å². The third-order valence-corrected chi connectivity index (χ3v) is 1.46. The van der Waals surface area contributed by atoms with Gasteiger partial charge in [-0.3, -0.25) is 0 Å². The van der Waals surface area contributed by atoms with Crippen LogP contribution >= 0.6 is 0 Å². The third-order valence-electron chi connectivity index (χ3n) is 1.46. The fourth-order valence-electron chi connectivity index (χ4n) is 0.735. The molecule has 0 saturated carbocycles. The molecule has 0 aromatic carbocycles. The summed E-state index contributed by atoms with van der Waals surface area (Å²) in [5.74, 6) is 0. The molecule has 0 aromatic rings. The summed E-state index contributed by atoms with van der Waals surface area (Å²) < 4.78 is 5.33. The highest BCUT2D eigenvalue weighted by molar-refractivity contribution is 4.85. The SMILES string of the molecule is C=CCO[C@@](C)(CO)CC=C. The molecule has 0 amide bonds. The topological polar surface area (TPSA) is 29.5 Å². The van der Waals surface area contributed by atoms with Crippen LogP contribution in [0.25, 0.3) is 0 Å². The van der Waals surface area contributed by atoms with Crippen molar-refractivity contribution in [2.45, 2.75) is 18.9 Å². The predicted octanol–water partition coefficient (Wildman–Crippen LogP) is 1.52. The van der Waals surface area contributed by atoms with Crippen molar-refractivity contribution in [2.75, 3.05) is 13.2 Å². The monoisotopic (exact) mass is 156 g/mol. The first kappa shape index (κ1) is 10.4. The third kappa shape index (κ3) is 3.96. The van der Waals surface area contributed by atoms with E-state index in [1.807, 2.05) is 6.92 Å². The van der Waals surface area contributed by atoms with Crippen LogP contribution in [0.2, 0.25) is 0 Å². The van der Waals surface area contributed by atoms with Gasteiger partial charge in [0.05, 0.1) is 18.8 Å².